The Balaban J connectivity index is 1.26. The minimum atomic E-state index is -0.201. The fraction of sp³-hybridized carbons (Fsp3) is 0.300. The van der Waals surface area contributed by atoms with Crippen molar-refractivity contribution in [2.24, 2.45) is 0 Å². The highest BCUT2D eigenvalue weighted by atomic mass is 16.5. The molecule has 1 atom stereocenters. The number of rotatable bonds is 8. The van der Waals surface area contributed by atoms with E-state index in [9.17, 15) is 10.1 Å². The van der Waals surface area contributed by atoms with Gasteiger partial charge in [0, 0.05) is 23.2 Å². The summed E-state index contributed by atoms with van der Waals surface area (Å²) in [7, 11) is 2.19. The molecule has 1 fully saturated rings. The number of hydrogen-bond acceptors (Lipinski definition) is 7. The molecule has 0 aliphatic carbocycles. The van der Waals surface area contributed by atoms with Crippen molar-refractivity contribution < 1.29 is 4.74 Å². The van der Waals surface area contributed by atoms with Crippen LogP contribution in [0.2, 0.25) is 0 Å². The van der Waals surface area contributed by atoms with Gasteiger partial charge in [0.15, 0.2) is 11.6 Å². The van der Waals surface area contributed by atoms with Gasteiger partial charge in [-0.3, -0.25) is 4.79 Å². The van der Waals surface area contributed by atoms with Crippen molar-refractivity contribution in [3.8, 4) is 34.5 Å². The number of hydrogen-bond donors (Lipinski definition) is 0. The van der Waals surface area contributed by atoms with Gasteiger partial charge in [0.25, 0.3) is 5.56 Å². The average molecular weight is 507 g/mol. The summed E-state index contributed by atoms with van der Waals surface area (Å²) >= 11 is 0. The van der Waals surface area contributed by atoms with Gasteiger partial charge in [-0.1, -0.05) is 36.8 Å². The average Bonchev–Trinajstić information content (AvgIpc) is 2.96. The Morgan fingerprint density at radius 3 is 2.66 bits per heavy atom. The molecular weight excluding hydrogens is 476 g/mol. The molecule has 8 heteroatoms. The van der Waals surface area contributed by atoms with Gasteiger partial charge >= 0.3 is 0 Å². The molecule has 5 rings (SSSR count). The maximum absolute atomic E-state index is 12.5. The molecule has 0 radical (unpaired) electrons. The first kappa shape index (κ1) is 25.3. The number of aromatic nitrogens is 4. The number of nitriles is 1. The molecule has 1 aliphatic heterocycles. The van der Waals surface area contributed by atoms with Crippen molar-refractivity contribution in [3.63, 3.8) is 0 Å². The third-order valence-electron chi connectivity index (χ3n) is 6.94. The van der Waals surface area contributed by atoms with E-state index in [4.69, 9.17) is 4.74 Å². The van der Waals surface area contributed by atoms with E-state index in [-0.39, 0.29) is 5.56 Å². The Kier molecular flexibility index (Phi) is 7.86. The molecule has 8 nitrogen and oxygen atoms in total. The first-order valence-electron chi connectivity index (χ1n) is 12.9. The van der Waals surface area contributed by atoms with E-state index in [1.54, 1.807) is 36.7 Å². The van der Waals surface area contributed by atoms with E-state index < -0.39 is 0 Å². The van der Waals surface area contributed by atoms with E-state index in [1.807, 2.05) is 30.3 Å². The second kappa shape index (κ2) is 11.8. The number of benzene rings is 2. The zero-order valence-corrected chi connectivity index (χ0v) is 21.5. The van der Waals surface area contributed by atoms with E-state index in [0.29, 0.717) is 42.0 Å². The summed E-state index contributed by atoms with van der Waals surface area (Å²) in [6, 6.07) is 20.8. The highest BCUT2D eigenvalue weighted by Gasteiger charge is 2.18. The molecule has 38 heavy (non-hydrogen) atoms. The quantitative estimate of drug-likeness (QED) is 0.346. The molecule has 0 saturated carbocycles. The van der Waals surface area contributed by atoms with Crippen LogP contribution in [-0.2, 0) is 6.54 Å². The standard InChI is InChI=1S/C30H30N6O2/c1-35-14-3-2-10-26(35)13-15-38-27-19-32-30(33-20-27)25-9-5-7-23(17-25)21-36-29(37)12-11-28(34-36)24-8-4-6-22(16-24)18-31/h4-9,11-12,16-17,19-20,26H,2-3,10,13-15,21H2,1H3. The Morgan fingerprint density at radius 2 is 1.84 bits per heavy atom. The molecule has 3 heterocycles. The highest BCUT2D eigenvalue weighted by Crippen LogP contribution is 2.21. The van der Waals surface area contributed by atoms with Crippen LogP contribution >= 0.6 is 0 Å². The lowest BCUT2D eigenvalue weighted by Gasteiger charge is -2.32. The minimum absolute atomic E-state index is 0.201. The summed E-state index contributed by atoms with van der Waals surface area (Å²) in [5.74, 6) is 1.25. The molecule has 1 saturated heterocycles. The van der Waals surface area contributed by atoms with Gasteiger partial charge in [-0.25, -0.2) is 14.6 Å². The Bertz CT molecular complexity index is 1490. The van der Waals surface area contributed by atoms with Crippen molar-refractivity contribution >= 4 is 0 Å². The van der Waals surface area contributed by atoms with Crippen molar-refractivity contribution in [1.82, 2.24) is 24.6 Å². The molecule has 2 aromatic heterocycles. The summed E-state index contributed by atoms with van der Waals surface area (Å²) in [4.78, 5) is 24.0. The molecule has 0 amide bonds. The van der Waals surface area contributed by atoms with Crippen LogP contribution in [0.1, 0.15) is 36.8 Å². The molecule has 0 bridgehead atoms. The number of piperidine rings is 1. The van der Waals surface area contributed by atoms with Gasteiger partial charge < -0.3 is 9.64 Å². The lowest BCUT2D eigenvalue weighted by Crippen LogP contribution is -2.37. The second-order valence-corrected chi connectivity index (χ2v) is 9.62. The fourth-order valence-corrected chi connectivity index (χ4v) is 4.81. The smallest absolute Gasteiger partial charge is 0.267 e. The Labute approximate surface area is 222 Å². The van der Waals surface area contributed by atoms with Crippen molar-refractivity contribution in [3.05, 3.63) is 94.5 Å². The van der Waals surface area contributed by atoms with Crippen molar-refractivity contribution in [2.75, 3.05) is 20.2 Å². The van der Waals surface area contributed by atoms with Crippen LogP contribution in [0.25, 0.3) is 22.6 Å². The van der Waals surface area contributed by atoms with Crippen LogP contribution in [0.5, 0.6) is 5.75 Å². The van der Waals surface area contributed by atoms with Crippen LogP contribution in [0.4, 0.5) is 0 Å². The Hall–Kier alpha value is -4.35. The van der Waals surface area contributed by atoms with Gasteiger partial charge in [-0.05, 0) is 62.7 Å². The van der Waals surface area contributed by atoms with Crippen LogP contribution in [-0.4, -0.2) is 50.9 Å². The van der Waals surface area contributed by atoms with Crippen LogP contribution in [0, 0.1) is 11.3 Å². The summed E-state index contributed by atoms with van der Waals surface area (Å²) in [6.45, 7) is 2.11. The normalized spacial score (nSPS) is 15.6. The minimum Gasteiger partial charge on any atom is -0.490 e. The molecule has 0 spiro atoms. The van der Waals surface area contributed by atoms with Gasteiger partial charge in [0.2, 0.25) is 0 Å². The summed E-state index contributed by atoms with van der Waals surface area (Å²) in [5.41, 5.74) is 3.51. The SMILES string of the molecule is CN1CCCCC1CCOc1cnc(-c2cccc(Cn3nc(-c4cccc(C#N)c4)ccc3=O)c2)nc1. The Morgan fingerprint density at radius 1 is 1.03 bits per heavy atom. The molecule has 192 valence electrons. The lowest BCUT2D eigenvalue weighted by atomic mass is 10.0. The zero-order chi connectivity index (χ0) is 26.3. The lowest BCUT2D eigenvalue weighted by molar-refractivity contribution is 0.153. The van der Waals surface area contributed by atoms with E-state index in [0.717, 1.165) is 29.7 Å². The number of ether oxygens (including phenoxy) is 1. The fourth-order valence-electron chi connectivity index (χ4n) is 4.81. The molecular formula is C30H30N6O2. The molecule has 4 aromatic rings. The first-order valence-corrected chi connectivity index (χ1v) is 12.9. The molecule has 1 aliphatic rings. The monoisotopic (exact) mass is 506 g/mol. The van der Waals surface area contributed by atoms with Gasteiger partial charge in [0.1, 0.15) is 0 Å². The van der Waals surface area contributed by atoms with Crippen LogP contribution in [0.3, 0.4) is 0 Å². The highest BCUT2D eigenvalue weighted by molar-refractivity contribution is 5.60. The largest absolute Gasteiger partial charge is 0.490 e. The van der Waals surface area contributed by atoms with Crippen LogP contribution < -0.4 is 10.3 Å². The predicted molar refractivity (Wildman–Crippen MR) is 146 cm³/mol. The molecule has 0 N–H and O–H groups in total. The van der Waals surface area contributed by atoms with Crippen molar-refractivity contribution in [2.45, 2.75) is 38.3 Å². The summed E-state index contributed by atoms with van der Waals surface area (Å²) in [6.07, 6.45) is 8.22. The second-order valence-electron chi connectivity index (χ2n) is 9.62. The van der Waals surface area contributed by atoms with Gasteiger partial charge in [-0.2, -0.15) is 10.4 Å². The maximum Gasteiger partial charge on any atom is 0.267 e. The zero-order valence-electron chi connectivity index (χ0n) is 21.5. The summed E-state index contributed by atoms with van der Waals surface area (Å²) in [5, 5.41) is 13.7. The molecule has 1 unspecified atom stereocenters. The van der Waals surface area contributed by atoms with E-state index in [2.05, 4.69) is 33.1 Å². The third-order valence-corrected chi connectivity index (χ3v) is 6.94. The van der Waals surface area contributed by atoms with Crippen molar-refractivity contribution in [1.29, 1.82) is 5.26 Å². The number of nitrogens with zero attached hydrogens (tertiary/aromatic N) is 6. The third kappa shape index (κ3) is 6.13. The van der Waals surface area contributed by atoms with E-state index >= 15 is 0 Å². The van der Waals surface area contributed by atoms with E-state index in [1.165, 1.54) is 30.0 Å². The summed E-state index contributed by atoms with van der Waals surface area (Å²) < 4.78 is 7.34. The van der Waals surface area contributed by atoms with Crippen LogP contribution in [0.15, 0.2) is 77.9 Å². The maximum atomic E-state index is 12.5. The topological polar surface area (TPSA) is 96.9 Å². The first-order chi connectivity index (χ1) is 18.6. The molecule has 2 aromatic carbocycles. The van der Waals surface area contributed by atoms with Gasteiger partial charge in [0.05, 0.1) is 42.9 Å². The number of likely N-dealkylation sites (tertiary alicyclic amines) is 1. The van der Waals surface area contributed by atoms with Gasteiger partial charge in [-0.15, -0.1) is 0 Å². The predicted octanol–water partition coefficient (Wildman–Crippen LogP) is 4.54.